The highest BCUT2D eigenvalue weighted by atomic mass is 16.5. The summed E-state index contributed by atoms with van der Waals surface area (Å²) in [5.74, 6) is 0.640. The number of carbonyl (C=O) groups excluding carboxylic acids is 1. The van der Waals surface area contributed by atoms with Crippen molar-refractivity contribution in [1.82, 2.24) is 10.6 Å². The molecular formula is C11H20N2O2. The van der Waals surface area contributed by atoms with E-state index in [1.54, 1.807) is 0 Å². The van der Waals surface area contributed by atoms with E-state index in [1.807, 2.05) is 0 Å². The molecule has 2 unspecified atom stereocenters. The highest BCUT2D eigenvalue weighted by molar-refractivity contribution is 5.76. The first-order valence-electron chi connectivity index (χ1n) is 5.92. The van der Waals surface area contributed by atoms with Crippen molar-refractivity contribution in [2.75, 3.05) is 26.3 Å². The lowest BCUT2D eigenvalue weighted by Crippen LogP contribution is -2.45. The molecule has 86 valence electrons. The molecule has 2 heterocycles. The minimum atomic E-state index is 0.194. The Bertz CT molecular complexity index is 209. The van der Waals surface area contributed by atoms with E-state index in [2.05, 4.69) is 10.6 Å². The molecule has 0 bridgehead atoms. The van der Waals surface area contributed by atoms with E-state index in [0.717, 1.165) is 45.6 Å². The number of piperidine rings is 1. The van der Waals surface area contributed by atoms with E-state index >= 15 is 0 Å². The van der Waals surface area contributed by atoms with Crippen molar-refractivity contribution in [3.8, 4) is 0 Å². The average Bonchev–Trinajstić information content (AvgIpc) is 2.71. The van der Waals surface area contributed by atoms with E-state index in [0.29, 0.717) is 18.4 Å². The van der Waals surface area contributed by atoms with E-state index in [-0.39, 0.29) is 5.91 Å². The van der Waals surface area contributed by atoms with Gasteiger partial charge in [-0.05, 0) is 31.7 Å². The number of ether oxygens (including phenoxy) is 1. The summed E-state index contributed by atoms with van der Waals surface area (Å²) in [6, 6.07) is 0.341. The van der Waals surface area contributed by atoms with E-state index in [1.165, 1.54) is 0 Å². The molecule has 0 saturated carbocycles. The molecule has 0 aromatic heterocycles. The van der Waals surface area contributed by atoms with Crippen molar-refractivity contribution in [3.63, 3.8) is 0 Å². The molecule has 4 nitrogen and oxygen atoms in total. The fourth-order valence-electron chi connectivity index (χ4n) is 2.27. The van der Waals surface area contributed by atoms with Gasteiger partial charge in [0.15, 0.2) is 0 Å². The van der Waals surface area contributed by atoms with Crippen LogP contribution in [0, 0.1) is 5.92 Å². The Morgan fingerprint density at radius 3 is 3.07 bits per heavy atom. The van der Waals surface area contributed by atoms with Crippen LogP contribution >= 0.6 is 0 Å². The fraction of sp³-hybridized carbons (Fsp3) is 0.909. The van der Waals surface area contributed by atoms with Gasteiger partial charge in [0.2, 0.25) is 5.91 Å². The summed E-state index contributed by atoms with van der Waals surface area (Å²) in [7, 11) is 0. The third-order valence-electron chi connectivity index (χ3n) is 3.16. The second kappa shape index (κ2) is 5.47. The third kappa shape index (κ3) is 3.47. The molecule has 2 atom stereocenters. The number of rotatable bonds is 3. The zero-order valence-corrected chi connectivity index (χ0v) is 9.13. The minimum absolute atomic E-state index is 0.194. The second-order valence-corrected chi connectivity index (χ2v) is 4.54. The molecule has 0 radical (unpaired) electrons. The number of nitrogens with one attached hydrogen (secondary N) is 2. The quantitative estimate of drug-likeness (QED) is 0.706. The lowest BCUT2D eigenvalue weighted by Gasteiger charge is -2.24. The maximum Gasteiger partial charge on any atom is 0.220 e. The van der Waals surface area contributed by atoms with Crippen LogP contribution in [0.15, 0.2) is 0 Å². The summed E-state index contributed by atoms with van der Waals surface area (Å²) in [4.78, 5) is 11.7. The van der Waals surface area contributed by atoms with E-state index in [4.69, 9.17) is 4.74 Å². The van der Waals surface area contributed by atoms with Crippen LogP contribution in [0.5, 0.6) is 0 Å². The molecule has 1 amide bonds. The van der Waals surface area contributed by atoms with Gasteiger partial charge in [-0.2, -0.15) is 0 Å². The molecule has 2 N–H and O–H groups in total. The zero-order chi connectivity index (χ0) is 10.5. The Morgan fingerprint density at radius 2 is 2.40 bits per heavy atom. The molecule has 2 aliphatic heterocycles. The van der Waals surface area contributed by atoms with Crippen molar-refractivity contribution in [1.29, 1.82) is 0 Å². The molecule has 0 aliphatic carbocycles. The molecule has 15 heavy (non-hydrogen) atoms. The van der Waals surface area contributed by atoms with Gasteiger partial charge in [0.05, 0.1) is 0 Å². The first-order chi connectivity index (χ1) is 7.34. The van der Waals surface area contributed by atoms with Crippen molar-refractivity contribution in [3.05, 3.63) is 0 Å². The van der Waals surface area contributed by atoms with Gasteiger partial charge in [-0.15, -0.1) is 0 Å². The van der Waals surface area contributed by atoms with Crippen LogP contribution in [0.1, 0.15) is 25.7 Å². The predicted octanol–water partition coefficient (Wildman–Crippen LogP) is 0.281. The molecular weight excluding hydrogens is 192 g/mol. The zero-order valence-electron chi connectivity index (χ0n) is 9.13. The van der Waals surface area contributed by atoms with Crippen molar-refractivity contribution in [2.45, 2.75) is 31.7 Å². The van der Waals surface area contributed by atoms with Crippen LogP contribution in [0.3, 0.4) is 0 Å². The largest absolute Gasteiger partial charge is 0.381 e. The van der Waals surface area contributed by atoms with Gasteiger partial charge in [-0.3, -0.25) is 4.79 Å². The maximum atomic E-state index is 11.7. The summed E-state index contributed by atoms with van der Waals surface area (Å²) in [6.45, 7) is 3.59. The topological polar surface area (TPSA) is 50.4 Å². The van der Waals surface area contributed by atoms with Gasteiger partial charge in [0, 0.05) is 32.2 Å². The molecule has 2 aliphatic rings. The van der Waals surface area contributed by atoms with Gasteiger partial charge in [0.25, 0.3) is 0 Å². The van der Waals surface area contributed by atoms with Crippen molar-refractivity contribution < 1.29 is 9.53 Å². The smallest absolute Gasteiger partial charge is 0.220 e. The summed E-state index contributed by atoms with van der Waals surface area (Å²) >= 11 is 0. The highest BCUT2D eigenvalue weighted by Crippen LogP contribution is 2.16. The first-order valence-corrected chi connectivity index (χ1v) is 5.92. The minimum Gasteiger partial charge on any atom is -0.381 e. The summed E-state index contributed by atoms with van der Waals surface area (Å²) in [5, 5.41) is 6.38. The van der Waals surface area contributed by atoms with E-state index < -0.39 is 0 Å². The second-order valence-electron chi connectivity index (χ2n) is 4.54. The number of amides is 1. The number of hydrogen-bond acceptors (Lipinski definition) is 3. The number of carbonyl (C=O) groups is 1. The molecule has 0 aromatic carbocycles. The van der Waals surface area contributed by atoms with Gasteiger partial charge >= 0.3 is 0 Å². The predicted molar refractivity (Wildman–Crippen MR) is 57.6 cm³/mol. The van der Waals surface area contributed by atoms with Gasteiger partial charge < -0.3 is 15.4 Å². The van der Waals surface area contributed by atoms with E-state index in [9.17, 15) is 4.79 Å². The Labute approximate surface area is 90.8 Å². The molecule has 2 rings (SSSR count). The standard InChI is InChI=1S/C11H20N2O2/c14-11(6-9-3-5-15-8-9)13-10-2-1-4-12-7-10/h9-10,12H,1-8H2,(H,13,14). The van der Waals surface area contributed by atoms with Crippen LogP contribution in [-0.2, 0) is 9.53 Å². The van der Waals surface area contributed by atoms with Crippen LogP contribution in [0.2, 0.25) is 0 Å². The maximum absolute atomic E-state index is 11.7. The summed E-state index contributed by atoms with van der Waals surface area (Å²) in [5.41, 5.74) is 0. The van der Waals surface area contributed by atoms with Crippen LogP contribution in [0.25, 0.3) is 0 Å². The Hall–Kier alpha value is -0.610. The Kier molecular flexibility index (Phi) is 3.97. The van der Waals surface area contributed by atoms with Gasteiger partial charge in [-0.25, -0.2) is 0 Å². The molecule has 0 aromatic rings. The van der Waals surface area contributed by atoms with Crippen LogP contribution in [0.4, 0.5) is 0 Å². The van der Waals surface area contributed by atoms with Gasteiger partial charge in [-0.1, -0.05) is 0 Å². The molecule has 2 fully saturated rings. The van der Waals surface area contributed by atoms with Crippen LogP contribution in [-0.4, -0.2) is 38.3 Å². The van der Waals surface area contributed by atoms with Gasteiger partial charge in [0.1, 0.15) is 0 Å². The molecule has 2 saturated heterocycles. The fourth-order valence-corrected chi connectivity index (χ4v) is 2.27. The van der Waals surface area contributed by atoms with Crippen molar-refractivity contribution >= 4 is 5.91 Å². The lowest BCUT2D eigenvalue weighted by atomic mass is 10.0. The molecule has 4 heteroatoms. The number of hydrogen-bond donors (Lipinski definition) is 2. The normalized spacial score (nSPS) is 31.5. The van der Waals surface area contributed by atoms with Crippen LogP contribution < -0.4 is 10.6 Å². The van der Waals surface area contributed by atoms with Crippen molar-refractivity contribution in [2.24, 2.45) is 5.92 Å². The third-order valence-corrected chi connectivity index (χ3v) is 3.16. The Balaban J connectivity index is 1.66. The lowest BCUT2D eigenvalue weighted by molar-refractivity contribution is -0.122. The molecule has 0 spiro atoms. The monoisotopic (exact) mass is 212 g/mol. The summed E-state index contributed by atoms with van der Waals surface area (Å²) < 4.78 is 5.26. The highest BCUT2D eigenvalue weighted by Gasteiger charge is 2.21. The summed E-state index contributed by atoms with van der Waals surface area (Å²) in [6.07, 6.45) is 3.95. The average molecular weight is 212 g/mol. The first kappa shape index (κ1) is 10.9. The Morgan fingerprint density at radius 1 is 1.47 bits per heavy atom. The SMILES string of the molecule is O=C(CC1CCOC1)NC1CCCNC1.